The average Bonchev–Trinajstić information content (AvgIpc) is 3.31. The Bertz CT molecular complexity index is 469. The lowest BCUT2D eigenvalue weighted by Crippen LogP contribution is -2.47. The number of nitrogens with one attached hydrogen (secondary N) is 1. The zero-order valence-corrected chi connectivity index (χ0v) is 13.4. The van der Waals surface area contributed by atoms with E-state index in [2.05, 4.69) is 32.0 Å². The van der Waals surface area contributed by atoms with Crippen molar-refractivity contribution in [3.8, 4) is 0 Å². The van der Waals surface area contributed by atoms with Gasteiger partial charge in [-0.2, -0.15) is 4.98 Å². The molecule has 21 heavy (non-hydrogen) atoms. The van der Waals surface area contributed by atoms with E-state index in [0.717, 1.165) is 50.9 Å². The summed E-state index contributed by atoms with van der Waals surface area (Å²) >= 11 is 6.29. The molecule has 0 unspecified atom stereocenters. The minimum Gasteiger partial charge on any atom is -0.354 e. The fourth-order valence-electron chi connectivity index (χ4n) is 2.71. The number of halogens is 1. The molecule has 1 N–H and O–H groups in total. The van der Waals surface area contributed by atoms with E-state index in [4.69, 9.17) is 11.6 Å². The Morgan fingerprint density at radius 3 is 2.71 bits per heavy atom. The van der Waals surface area contributed by atoms with Gasteiger partial charge < -0.3 is 10.2 Å². The maximum Gasteiger partial charge on any atom is 0.224 e. The lowest BCUT2D eigenvalue weighted by atomic mass is 10.3. The van der Waals surface area contributed by atoms with Crippen molar-refractivity contribution >= 4 is 23.4 Å². The molecule has 116 valence electrons. The highest BCUT2D eigenvalue weighted by molar-refractivity contribution is 6.32. The van der Waals surface area contributed by atoms with Crippen LogP contribution < -0.4 is 10.2 Å². The Hall–Kier alpha value is -1.07. The molecule has 1 aliphatic carbocycles. The lowest BCUT2D eigenvalue weighted by molar-refractivity contribution is 0.247. The van der Waals surface area contributed by atoms with Gasteiger partial charge in [0.2, 0.25) is 5.95 Å². The number of hydrogen-bond donors (Lipinski definition) is 1. The van der Waals surface area contributed by atoms with Crippen LogP contribution in [0.4, 0.5) is 11.8 Å². The Morgan fingerprint density at radius 2 is 2.05 bits per heavy atom. The fraction of sp³-hybridized carbons (Fsp3) is 0.733. The minimum absolute atomic E-state index is 0.646. The van der Waals surface area contributed by atoms with E-state index < -0.39 is 0 Å². The van der Waals surface area contributed by atoms with Gasteiger partial charge in [-0.1, -0.05) is 18.5 Å². The average molecular weight is 310 g/mol. The van der Waals surface area contributed by atoms with Crippen LogP contribution >= 0.6 is 11.6 Å². The van der Waals surface area contributed by atoms with Gasteiger partial charge in [0.25, 0.3) is 0 Å². The summed E-state index contributed by atoms with van der Waals surface area (Å²) in [6, 6.07) is 0. The largest absolute Gasteiger partial charge is 0.354 e. The quantitative estimate of drug-likeness (QED) is 0.874. The number of aromatic nitrogens is 2. The van der Waals surface area contributed by atoms with Crippen molar-refractivity contribution in [1.29, 1.82) is 0 Å². The molecule has 0 atom stereocenters. The highest BCUT2D eigenvalue weighted by Gasteiger charge is 2.27. The van der Waals surface area contributed by atoms with E-state index in [-0.39, 0.29) is 0 Å². The third-order valence-electron chi connectivity index (χ3n) is 4.14. The van der Waals surface area contributed by atoms with Crippen molar-refractivity contribution in [2.24, 2.45) is 5.92 Å². The molecule has 0 spiro atoms. The van der Waals surface area contributed by atoms with E-state index in [1.54, 1.807) is 6.20 Å². The van der Waals surface area contributed by atoms with Crippen LogP contribution in [0.3, 0.4) is 0 Å². The molecule has 0 radical (unpaired) electrons. The monoisotopic (exact) mass is 309 g/mol. The summed E-state index contributed by atoms with van der Waals surface area (Å²) in [5.41, 5.74) is 0. The topological polar surface area (TPSA) is 44.3 Å². The molecule has 1 aromatic rings. The molecule has 2 fully saturated rings. The normalized spacial score (nSPS) is 19.8. The van der Waals surface area contributed by atoms with E-state index in [0.29, 0.717) is 11.0 Å². The van der Waals surface area contributed by atoms with Gasteiger partial charge in [0, 0.05) is 39.3 Å². The van der Waals surface area contributed by atoms with E-state index in [9.17, 15) is 0 Å². The Balaban J connectivity index is 1.60. The van der Waals surface area contributed by atoms with Crippen LogP contribution in [0.5, 0.6) is 0 Å². The Kier molecular flexibility index (Phi) is 4.80. The number of rotatable bonds is 6. The Labute approximate surface area is 131 Å². The van der Waals surface area contributed by atoms with Crippen LogP contribution in [0.15, 0.2) is 6.20 Å². The first-order valence-corrected chi connectivity index (χ1v) is 8.37. The molecular formula is C15H24ClN5. The summed E-state index contributed by atoms with van der Waals surface area (Å²) in [6.07, 6.45) is 5.61. The number of hydrogen-bond acceptors (Lipinski definition) is 5. The van der Waals surface area contributed by atoms with Gasteiger partial charge in [0.1, 0.15) is 5.02 Å². The third-order valence-corrected chi connectivity index (χ3v) is 4.41. The third kappa shape index (κ3) is 3.98. The first-order valence-electron chi connectivity index (χ1n) is 8.00. The summed E-state index contributed by atoms with van der Waals surface area (Å²) in [6.45, 7) is 8.49. The second-order valence-electron chi connectivity index (χ2n) is 6.02. The van der Waals surface area contributed by atoms with Crippen molar-refractivity contribution in [2.45, 2.75) is 26.2 Å². The van der Waals surface area contributed by atoms with Crippen molar-refractivity contribution in [1.82, 2.24) is 14.9 Å². The molecule has 1 saturated heterocycles. The standard InChI is InChI=1S/C15H24ClN5/c1-2-5-17-15-18-10-13(16)14(19-15)21-8-6-20(7-9-21)11-12-3-4-12/h10,12H,2-9,11H2,1H3,(H,17,18,19). The maximum atomic E-state index is 6.29. The molecule has 0 aromatic carbocycles. The molecule has 0 amide bonds. The van der Waals surface area contributed by atoms with Crippen LogP contribution in [-0.4, -0.2) is 54.1 Å². The summed E-state index contributed by atoms with van der Waals surface area (Å²) in [7, 11) is 0. The lowest BCUT2D eigenvalue weighted by Gasteiger charge is -2.35. The molecule has 3 rings (SSSR count). The van der Waals surface area contributed by atoms with Gasteiger partial charge in [-0.15, -0.1) is 0 Å². The first-order chi connectivity index (χ1) is 10.3. The summed E-state index contributed by atoms with van der Waals surface area (Å²) in [5, 5.41) is 3.87. The smallest absolute Gasteiger partial charge is 0.224 e. The number of piperazine rings is 1. The Morgan fingerprint density at radius 1 is 1.29 bits per heavy atom. The predicted molar refractivity (Wildman–Crippen MR) is 87.2 cm³/mol. The zero-order chi connectivity index (χ0) is 14.7. The van der Waals surface area contributed by atoms with Gasteiger partial charge in [0.15, 0.2) is 5.82 Å². The van der Waals surface area contributed by atoms with Crippen molar-refractivity contribution in [3.05, 3.63) is 11.2 Å². The maximum absolute atomic E-state index is 6.29. The second kappa shape index (κ2) is 6.79. The summed E-state index contributed by atoms with van der Waals surface area (Å²) in [5.74, 6) is 2.51. The fourth-order valence-corrected chi connectivity index (χ4v) is 2.92. The number of nitrogens with zero attached hydrogens (tertiary/aromatic N) is 4. The SMILES string of the molecule is CCCNc1ncc(Cl)c(N2CCN(CC3CC3)CC2)n1. The van der Waals surface area contributed by atoms with Crippen molar-refractivity contribution in [2.75, 3.05) is 49.5 Å². The van der Waals surface area contributed by atoms with Crippen LogP contribution in [0.1, 0.15) is 26.2 Å². The number of anilines is 2. The minimum atomic E-state index is 0.646. The molecule has 1 aliphatic heterocycles. The van der Waals surface area contributed by atoms with Crippen LogP contribution in [0.2, 0.25) is 5.02 Å². The van der Waals surface area contributed by atoms with Crippen LogP contribution in [-0.2, 0) is 0 Å². The van der Waals surface area contributed by atoms with Crippen LogP contribution in [0, 0.1) is 5.92 Å². The van der Waals surface area contributed by atoms with Gasteiger partial charge >= 0.3 is 0 Å². The molecule has 6 heteroatoms. The molecule has 2 aliphatic rings. The van der Waals surface area contributed by atoms with Crippen LogP contribution in [0.25, 0.3) is 0 Å². The molecule has 1 aromatic heterocycles. The van der Waals surface area contributed by atoms with Gasteiger partial charge in [-0.25, -0.2) is 4.98 Å². The van der Waals surface area contributed by atoms with Gasteiger partial charge in [-0.05, 0) is 25.2 Å². The van der Waals surface area contributed by atoms with E-state index in [1.165, 1.54) is 19.4 Å². The van der Waals surface area contributed by atoms with E-state index in [1.807, 2.05) is 0 Å². The highest BCUT2D eigenvalue weighted by atomic mass is 35.5. The van der Waals surface area contributed by atoms with Crippen molar-refractivity contribution < 1.29 is 0 Å². The summed E-state index contributed by atoms with van der Waals surface area (Å²) < 4.78 is 0. The van der Waals surface area contributed by atoms with Gasteiger partial charge in [0.05, 0.1) is 6.20 Å². The molecule has 0 bridgehead atoms. The summed E-state index contributed by atoms with van der Waals surface area (Å²) in [4.78, 5) is 13.7. The molecule has 2 heterocycles. The van der Waals surface area contributed by atoms with Gasteiger partial charge in [-0.3, -0.25) is 4.90 Å². The molecule has 5 nitrogen and oxygen atoms in total. The predicted octanol–water partition coefficient (Wildman–Crippen LogP) is 2.48. The zero-order valence-electron chi connectivity index (χ0n) is 12.7. The highest BCUT2D eigenvalue weighted by Crippen LogP contribution is 2.30. The van der Waals surface area contributed by atoms with Crippen molar-refractivity contribution in [3.63, 3.8) is 0 Å². The molecule has 1 saturated carbocycles. The first kappa shape index (κ1) is 14.9. The van der Waals surface area contributed by atoms with E-state index >= 15 is 0 Å². The molecular weight excluding hydrogens is 286 g/mol. The second-order valence-corrected chi connectivity index (χ2v) is 6.43.